The molecule has 0 saturated heterocycles. The van der Waals surface area contributed by atoms with E-state index in [1.54, 1.807) is 12.2 Å². The van der Waals surface area contributed by atoms with E-state index in [0.717, 1.165) is 0 Å². The van der Waals surface area contributed by atoms with Crippen LogP contribution in [0.3, 0.4) is 0 Å². The number of benzene rings is 1. The van der Waals surface area contributed by atoms with Crippen LogP contribution in [0.15, 0.2) is 24.3 Å². The molecule has 0 radical (unpaired) electrons. The fraction of sp³-hybridized carbons (Fsp3) is 0.308. The van der Waals surface area contributed by atoms with Gasteiger partial charge in [0.1, 0.15) is 5.82 Å². The fourth-order valence-corrected chi connectivity index (χ4v) is 1.96. The van der Waals surface area contributed by atoms with Gasteiger partial charge in [0.15, 0.2) is 11.6 Å². The first-order valence-electron chi connectivity index (χ1n) is 6.01. The molecule has 0 aromatic heterocycles. The summed E-state index contributed by atoms with van der Waals surface area (Å²) < 4.78 is 39.0. The number of nitrogens with one attached hydrogen (secondary N) is 2. The summed E-state index contributed by atoms with van der Waals surface area (Å²) in [4.78, 5) is 11.6. The summed E-state index contributed by atoms with van der Waals surface area (Å²) in [6.45, 7) is -0.0197. The van der Waals surface area contributed by atoms with Gasteiger partial charge >= 0.3 is 6.03 Å². The standard InChI is InChI=1S/C13H13F3N2O2/c14-9-4-11(16)12(5-10(9)15)18-13(20)17-8-2-1-7(3-8)6-19/h1-2,4-5,7-8,19H,3,6H2,(H2,17,18,20)/t7-,8+/m0/s1. The number of hydrogen-bond donors (Lipinski definition) is 3. The molecule has 1 aliphatic carbocycles. The summed E-state index contributed by atoms with van der Waals surface area (Å²) in [6.07, 6.45) is 4.01. The zero-order valence-electron chi connectivity index (χ0n) is 10.4. The zero-order chi connectivity index (χ0) is 14.7. The fourth-order valence-electron chi connectivity index (χ4n) is 1.96. The first-order chi connectivity index (χ1) is 9.49. The van der Waals surface area contributed by atoms with E-state index in [0.29, 0.717) is 18.6 Å². The van der Waals surface area contributed by atoms with Crippen molar-refractivity contribution in [3.63, 3.8) is 0 Å². The number of amides is 2. The zero-order valence-corrected chi connectivity index (χ0v) is 10.4. The van der Waals surface area contributed by atoms with Gasteiger partial charge in [-0.3, -0.25) is 0 Å². The molecule has 0 saturated carbocycles. The summed E-state index contributed by atoms with van der Waals surface area (Å²) in [5.74, 6) is -3.66. The third-order valence-electron chi connectivity index (χ3n) is 2.98. The Hall–Kier alpha value is -2.02. The largest absolute Gasteiger partial charge is 0.396 e. The molecule has 0 heterocycles. The van der Waals surface area contributed by atoms with Crippen molar-refractivity contribution in [2.45, 2.75) is 12.5 Å². The number of carbonyl (C=O) groups is 1. The molecule has 1 aliphatic rings. The number of carbonyl (C=O) groups excluding carboxylic acids is 1. The lowest BCUT2D eigenvalue weighted by atomic mass is 10.1. The molecule has 2 amide bonds. The molecular weight excluding hydrogens is 273 g/mol. The molecular formula is C13H13F3N2O2. The van der Waals surface area contributed by atoms with Crippen molar-refractivity contribution in [2.24, 2.45) is 5.92 Å². The molecule has 0 bridgehead atoms. The van der Waals surface area contributed by atoms with Gasteiger partial charge in [0.05, 0.1) is 5.69 Å². The molecule has 2 rings (SSSR count). The molecule has 3 N–H and O–H groups in total. The molecule has 0 unspecified atom stereocenters. The number of aliphatic hydroxyl groups excluding tert-OH is 1. The van der Waals surface area contributed by atoms with Crippen LogP contribution in [0.4, 0.5) is 23.7 Å². The van der Waals surface area contributed by atoms with Crippen LogP contribution in [0.1, 0.15) is 6.42 Å². The number of anilines is 1. The Morgan fingerprint density at radius 1 is 1.20 bits per heavy atom. The van der Waals surface area contributed by atoms with Gasteiger partial charge in [-0.15, -0.1) is 0 Å². The molecule has 1 aromatic rings. The smallest absolute Gasteiger partial charge is 0.319 e. The molecule has 0 spiro atoms. The summed E-state index contributed by atoms with van der Waals surface area (Å²) in [6, 6.07) is -0.0864. The van der Waals surface area contributed by atoms with Crippen molar-refractivity contribution in [3.8, 4) is 0 Å². The minimum absolute atomic E-state index is 0.0197. The lowest BCUT2D eigenvalue weighted by Gasteiger charge is -2.14. The van der Waals surface area contributed by atoms with Gasteiger partial charge in [0.25, 0.3) is 0 Å². The first kappa shape index (κ1) is 14.4. The van der Waals surface area contributed by atoms with Crippen LogP contribution in [0, 0.1) is 23.4 Å². The van der Waals surface area contributed by atoms with Crippen molar-refractivity contribution in [1.82, 2.24) is 5.32 Å². The Morgan fingerprint density at radius 2 is 1.90 bits per heavy atom. The quantitative estimate of drug-likeness (QED) is 0.589. The van der Waals surface area contributed by atoms with Crippen LogP contribution in [-0.2, 0) is 0 Å². The highest BCUT2D eigenvalue weighted by molar-refractivity contribution is 5.89. The molecule has 0 fully saturated rings. The minimum atomic E-state index is -1.32. The lowest BCUT2D eigenvalue weighted by molar-refractivity contribution is 0.238. The summed E-state index contributed by atoms with van der Waals surface area (Å²) in [7, 11) is 0. The second-order valence-electron chi connectivity index (χ2n) is 4.51. The van der Waals surface area contributed by atoms with Gasteiger partial charge < -0.3 is 15.7 Å². The van der Waals surface area contributed by atoms with Crippen molar-refractivity contribution in [3.05, 3.63) is 41.7 Å². The van der Waals surface area contributed by atoms with Crippen LogP contribution in [0.25, 0.3) is 0 Å². The van der Waals surface area contributed by atoms with Gasteiger partial charge in [-0.2, -0.15) is 0 Å². The van der Waals surface area contributed by atoms with Crippen LogP contribution in [-0.4, -0.2) is 23.8 Å². The molecule has 0 aliphatic heterocycles. The van der Waals surface area contributed by atoms with Gasteiger partial charge in [-0.1, -0.05) is 12.2 Å². The number of aliphatic hydroxyl groups is 1. The van der Waals surface area contributed by atoms with Gasteiger partial charge in [-0.25, -0.2) is 18.0 Å². The van der Waals surface area contributed by atoms with Crippen molar-refractivity contribution >= 4 is 11.7 Å². The highest BCUT2D eigenvalue weighted by atomic mass is 19.2. The minimum Gasteiger partial charge on any atom is -0.396 e. The monoisotopic (exact) mass is 286 g/mol. The maximum absolute atomic E-state index is 13.3. The maximum Gasteiger partial charge on any atom is 0.319 e. The predicted molar refractivity (Wildman–Crippen MR) is 66.6 cm³/mol. The number of rotatable bonds is 3. The Morgan fingerprint density at radius 3 is 2.55 bits per heavy atom. The summed E-state index contributed by atoms with van der Waals surface area (Å²) in [5.41, 5.74) is -0.443. The average Bonchev–Trinajstić information content (AvgIpc) is 2.83. The Labute approximate surface area is 113 Å². The number of urea groups is 1. The van der Waals surface area contributed by atoms with Crippen LogP contribution >= 0.6 is 0 Å². The maximum atomic E-state index is 13.3. The van der Waals surface area contributed by atoms with E-state index in [4.69, 9.17) is 5.11 Å². The van der Waals surface area contributed by atoms with Gasteiger partial charge in [-0.05, 0) is 6.42 Å². The lowest BCUT2D eigenvalue weighted by Crippen LogP contribution is -2.36. The third-order valence-corrected chi connectivity index (χ3v) is 2.98. The molecule has 7 heteroatoms. The van der Waals surface area contributed by atoms with E-state index in [1.807, 2.05) is 0 Å². The average molecular weight is 286 g/mol. The van der Waals surface area contributed by atoms with E-state index >= 15 is 0 Å². The normalized spacial score (nSPS) is 21.0. The first-order valence-corrected chi connectivity index (χ1v) is 6.01. The van der Waals surface area contributed by atoms with Crippen molar-refractivity contribution < 1.29 is 23.1 Å². The Bertz CT molecular complexity index is 549. The number of halogens is 3. The molecule has 4 nitrogen and oxygen atoms in total. The SMILES string of the molecule is O=C(Nc1cc(F)c(F)cc1F)N[C@@H]1C=C[C@H](CO)C1. The van der Waals surface area contributed by atoms with E-state index in [-0.39, 0.29) is 18.6 Å². The second kappa shape index (κ2) is 5.96. The highest BCUT2D eigenvalue weighted by Gasteiger charge is 2.20. The molecule has 1 aromatic carbocycles. The topological polar surface area (TPSA) is 61.4 Å². The van der Waals surface area contributed by atoms with Gasteiger partial charge in [0, 0.05) is 30.7 Å². The number of hydrogen-bond acceptors (Lipinski definition) is 2. The van der Waals surface area contributed by atoms with E-state index in [1.165, 1.54) is 0 Å². The molecule has 2 atom stereocenters. The summed E-state index contributed by atoms with van der Waals surface area (Å²) in [5, 5.41) is 13.6. The van der Waals surface area contributed by atoms with Crippen molar-refractivity contribution in [1.29, 1.82) is 0 Å². The second-order valence-corrected chi connectivity index (χ2v) is 4.51. The summed E-state index contributed by atoms with van der Waals surface area (Å²) >= 11 is 0. The molecule has 20 heavy (non-hydrogen) atoms. The molecule has 108 valence electrons. The van der Waals surface area contributed by atoms with E-state index < -0.39 is 29.2 Å². The van der Waals surface area contributed by atoms with Crippen LogP contribution < -0.4 is 10.6 Å². The van der Waals surface area contributed by atoms with Crippen molar-refractivity contribution in [2.75, 3.05) is 11.9 Å². The third kappa shape index (κ3) is 3.30. The van der Waals surface area contributed by atoms with E-state index in [2.05, 4.69) is 10.6 Å². The highest BCUT2D eigenvalue weighted by Crippen LogP contribution is 2.19. The van der Waals surface area contributed by atoms with Crippen LogP contribution in [0.2, 0.25) is 0 Å². The van der Waals surface area contributed by atoms with E-state index in [9.17, 15) is 18.0 Å². The van der Waals surface area contributed by atoms with Crippen LogP contribution in [0.5, 0.6) is 0 Å². The predicted octanol–water partition coefficient (Wildman–Crippen LogP) is 2.16. The van der Waals surface area contributed by atoms with Gasteiger partial charge in [0.2, 0.25) is 0 Å². The Kier molecular flexibility index (Phi) is 4.29. The Balaban J connectivity index is 1.95.